The van der Waals surface area contributed by atoms with E-state index in [1.165, 1.54) is 6.07 Å². The first-order valence-electron chi connectivity index (χ1n) is 4.25. The topological polar surface area (TPSA) is 28.7 Å². The molecule has 0 unspecified atom stereocenters. The SMILES string of the molecule is Cc1nc(=S)c2c(F)ccc(C)c2[nH]1. The van der Waals surface area contributed by atoms with Crippen LogP contribution in [-0.4, -0.2) is 9.97 Å². The molecule has 4 heteroatoms. The van der Waals surface area contributed by atoms with Crippen LogP contribution in [0.15, 0.2) is 12.1 Å². The maximum Gasteiger partial charge on any atom is 0.140 e. The molecule has 1 N–H and O–H groups in total. The second kappa shape index (κ2) is 3.13. The summed E-state index contributed by atoms with van der Waals surface area (Å²) in [6, 6.07) is 3.14. The summed E-state index contributed by atoms with van der Waals surface area (Å²) in [4.78, 5) is 7.04. The van der Waals surface area contributed by atoms with Crippen LogP contribution in [0.25, 0.3) is 10.9 Å². The van der Waals surface area contributed by atoms with Crippen molar-refractivity contribution in [1.29, 1.82) is 0 Å². The number of aromatic nitrogens is 2. The Kier molecular flexibility index (Phi) is 2.07. The minimum Gasteiger partial charge on any atom is -0.343 e. The van der Waals surface area contributed by atoms with Crippen LogP contribution in [0.4, 0.5) is 4.39 Å². The van der Waals surface area contributed by atoms with E-state index in [1.807, 2.05) is 6.92 Å². The van der Waals surface area contributed by atoms with Crippen molar-refractivity contribution >= 4 is 23.1 Å². The number of halogens is 1. The number of nitrogens with zero attached hydrogens (tertiary/aromatic N) is 1. The molecule has 1 aromatic heterocycles. The Morgan fingerprint density at radius 2 is 2.07 bits per heavy atom. The van der Waals surface area contributed by atoms with Gasteiger partial charge in [0.1, 0.15) is 16.3 Å². The molecule has 0 saturated carbocycles. The van der Waals surface area contributed by atoms with E-state index in [-0.39, 0.29) is 5.82 Å². The van der Waals surface area contributed by atoms with Gasteiger partial charge in [-0.25, -0.2) is 9.37 Å². The van der Waals surface area contributed by atoms with Gasteiger partial charge in [0.05, 0.1) is 10.9 Å². The maximum absolute atomic E-state index is 13.4. The lowest BCUT2D eigenvalue weighted by Gasteiger charge is -2.04. The van der Waals surface area contributed by atoms with Crippen LogP contribution < -0.4 is 0 Å². The Morgan fingerprint density at radius 3 is 2.79 bits per heavy atom. The summed E-state index contributed by atoms with van der Waals surface area (Å²) in [5.74, 6) is 0.385. The van der Waals surface area contributed by atoms with E-state index < -0.39 is 0 Å². The van der Waals surface area contributed by atoms with Crippen molar-refractivity contribution in [2.45, 2.75) is 13.8 Å². The summed E-state index contributed by atoms with van der Waals surface area (Å²) >= 11 is 5.02. The van der Waals surface area contributed by atoms with Crippen LogP contribution in [0, 0.1) is 24.3 Å². The van der Waals surface area contributed by atoms with Crippen molar-refractivity contribution in [2.24, 2.45) is 0 Å². The number of rotatable bonds is 0. The number of nitrogens with one attached hydrogen (secondary N) is 1. The van der Waals surface area contributed by atoms with Crippen molar-refractivity contribution in [1.82, 2.24) is 9.97 Å². The third-order valence-corrected chi connectivity index (χ3v) is 2.45. The molecule has 0 bridgehead atoms. The molecule has 2 rings (SSSR count). The first kappa shape index (κ1) is 9.27. The lowest BCUT2D eigenvalue weighted by Crippen LogP contribution is -1.94. The summed E-state index contributed by atoms with van der Waals surface area (Å²) in [5, 5.41) is 0.408. The second-order valence-corrected chi connectivity index (χ2v) is 3.63. The van der Waals surface area contributed by atoms with E-state index in [9.17, 15) is 4.39 Å². The molecule has 72 valence electrons. The van der Waals surface area contributed by atoms with Crippen molar-refractivity contribution < 1.29 is 4.39 Å². The fourth-order valence-corrected chi connectivity index (χ4v) is 1.81. The second-order valence-electron chi connectivity index (χ2n) is 3.24. The number of hydrogen-bond donors (Lipinski definition) is 1. The minimum absolute atomic E-state index is 0.317. The van der Waals surface area contributed by atoms with Crippen LogP contribution in [0.1, 0.15) is 11.4 Å². The Bertz CT molecular complexity index is 560. The Hall–Kier alpha value is -1.29. The third kappa shape index (κ3) is 1.32. The van der Waals surface area contributed by atoms with Gasteiger partial charge in [0.15, 0.2) is 0 Å². The number of aromatic amines is 1. The number of benzene rings is 1. The number of H-pyrrole nitrogens is 1. The van der Waals surface area contributed by atoms with Crippen LogP contribution in [0.5, 0.6) is 0 Å². The van der Waals surface area contributed by atoms with Crippen molar-refractivity contribution in [3.63, 3.8) is 0 Å². The van der Waals surface area contributed by atoms with E-state index in [0.717, 1.165) is 11.1 Å². The summed E-state index contributed by atoms with van der Waals surface area (Å²) in [6.07, 6.45) is 0. The first-order chi connectivity index (χ1) is 6.59. The van der Waals surface area contributed by atoms with E-state index in [4.69, 9.17) is 12.2 Å². The van der Waals surface area contributed by atoms with Gasteiger partial charge in [-0.15, -0.1) is 0 Å². The average Bonchev–Trinajstić information content (AvgIpc) is 2.10. The van der Waals surface area contributed by atoms with Gasteiger partial charge in [-0.2, -0.15) is 0 Å². The molecule has 0 spiro atoms. The molecule has 0 radical (unpaired) electrons. The largest absolute Gasteiger partial charge is 0.343 e. The highest BCUT2D eigenvalue weighted by Crippen LogP contribution is 2.19. The molecule has 0 fully saturated rings. The van der Waals surface area contributed by atoms with Crippen molar-refractivity contribution in [3.05, 3.63) is 34.0 Å². The van der Waals surface area contributed by atoms with E-state index in [1.54, 1.807) is 13.0 Å². The fourth-order valence-electron chi connectivity index (χ4n) is 1.47. The quantitative estimate of drug-likeness (QED) is 0.674. The molecule has 0 aliphatic rings. The normalized spacial score (nSPS) is 10.8. The van der Waals surface area contributed by atoms with Crippen molar-refractivity contribution in [2.75, 3.05) is 0 Å². The van der Waals surface area contributed by atoms with Gasteiger partial charge in [0, 0.05) is 0 Å². The zero-order valence-corrected chi connectivity index (χ0v) is 8.70. The Labute approximate surface area is 85.8 Å². The van der Waals surface area contributed by atoms with Crippen molar-refractivity contribution in [3.8, 4) is 0 Å². The Morgan fingerprint density at radius 1 is 1.36 bits per heavy atom. The smallest absolute Gasteiger partial charge is 0.140 e. The minimum atomic E-state index is -0.320. The van der Waals surface area contributed by atoms with Gasteiger partial charge < -0.3 is 4.98 Å². The predicted octanol–water partition coefficient (Wildman–Crippen LogP) is 3.05. The monoisotopic (exact) mass is 208 g/mol. The molecule has 0 aliphatic carbocycles. The lowest BCUT2D eigenvalue weighted by molar-refractivity contribution is 0.638. The first-order valence-corrected chi connectivity index (χ1v) is 4.66. The third-order valence-electron chi connectivity index (χ3n) is 2.15. The zero-order valence-electron chi connectivity index (χ0n) is 7.89. The van der Waals surface area contributed by atoms with Gasteiger partial charge in [-0.05, 0) is 25.5 Å². The molecule has 0 atom stereocenters. The number of hydrogen-bond acceptors (Lipinski definition) is 2. The maximum atomic E-state index is 13.4. The number of aryl methyl sites for hydroxylation is 2. The molecule has 1 heterocycles. The average molecular weight is 208 g/mol. The van der Waals surface area contributed by atoms with Gasteiger partial charge in [-0.3, -0.25) is 0 Å². The molecule has 2 nitrogen and oxygen atoms in total. The molecule has 1 aromatic carbocycles. The molecule has 14 heavy (non-hydrogen) atoms. The number of fused-ring (bicyclic) bond motifs is 1. The van der Waals surface area contributed by atoms with E-state index in [2.05, 4.69) is 9.97 Å². The predicted molar refractivity (Wildman–Crippen MR) is 56.4 cm³/mol. The van der Waals surface area contributed by atoms with Crippen LogP contribution in [0.2, 0.25) is 0 Å². The summed E-state index contributed by atoms with van der Waals surface area (Å²) in [7, 11) is 0. The van der Waals surface area contributed by atoms with Gasteiger partial charge >= 0.3 is 0 Å². The van der Waals surface area contributed by atoms with Gasteiger partial charge in [0.25, 0.3) is 0 Å². The van der Waals surface area contributed by atoms with E-state index >= 15 is 0 Å². The van der Waals surface area contributed by atoms with Crippen LogP contribution in [-0.2, 0) is 0 Å². The summed E-state index contributed by atoms with van der Waals surface area (Å²) in [5.41, 5.74) is 1.71. The molecule has 2 aromatic rings. The van der Waals surface area contributed by atoms with Gasteiger partial charge in [0.2, 0.25) is 0 Å². The highest BCUT2D eigenvalue weighted by Gasteiger charge is 2.06. The zero-order chi connectivity index (χ0) is 10.3. The standard InChI is InChI=1S/C10H9FN2S/c1-5-3-4-7(11)8-9(5)12-6(2)13-10(8)14/h3-4H,1-2H3,(H,12,13,14). The highest BCUT2D eigenvalue weighted by atomic mass is 32.1. The Balaban J connectivity index is 3.08. The summed E-state index contributed by atoms with van der Waals surface area (Å²) in [6.45, 7) is 3.71. The van der Waals surface area contributed by atoms with Crippen LogP contribution >= 0.6 is 12.2 Å². The highest BCUT2D eigenvalue weighted by molar-refractivity contribution is 7.71. The van der Waals surface area contributed by atoms with Gasteiger partial charge in [-0.1, -0.05) is 18.3 Å². The molecule has 0 saturated heterocycles. The molecule has 0 amide bonds. The van der Waals surface area contributed by atoms with Crippen LogP contribution in [0.3, 0.4) is 0 Å². The fraction of sp³-hybridized carbons (Fsp3) is 0.200. The summed E-state index contributed by atoms with van der Waals surface area (Å²) < 4.78 is 13.7. The molecular weight excluding hydrogens is 199 g/mol. The lowest BCUT2D eigenvalue weighted by atomic mass is 10.1. The van der Waals surface area contributed by atoms with E-state index in [0.29, 0.717) is 15.9 Å². The molecule has 0 aliphatic heterocycles. The molecular formula is C10H9FN2S.